The summed E-state index contributed by atoms with van der Waals surface area (Å²) in [6.07, 6.45) is 1.35. The Labute approximate surface area is 96.0 Å². The Morgan fingerprint density at radius 2 is 2.13 bits per heavy atom. The largest absolute Gasteiger partial charge is 0.355 e. The Morgan fingerprint density at radius 3 is 2.80 bits per heavy atom. The monoisotopic (exact) mass is 231 g/mol. The number of amides is 1. The summed E-state index contributed by atoms with van der Waals surface area (Å²) in [7, 11) is 0. The molecule has 1 aliphatic rings. The number of carbonyl (C=O) groups excluding carboxylic acids is 1. The van der Waals surface area contributed by atoms with Crippen LogP contribution in [0.1, 0.15) is 12.8 Å². The number of carbonyl (C=O) groups is 1. The van der Waals surface area contributed by atoms with E-state index in [4.69, 9.17) is 5.73 Å². The summed E-state index contributed by atoms with van der Waals surface area (Å²) < 4.78 is 0. The maximum absolute atomic E-state index is 11.3. The van der Waals surface area contributed by atoms with Crippen LogP contribution >= 0.6 is 11.8 Å². The van der Waals surface area contributed by atoms with E-state index >= 15 is 0 Å². The van der Waals surface area contributed by atoms with Gasteiger partial charge in [0.2, 0.25) is 5.91 Å². The molecule has 1 heterocycles. The highest BCUT2D eigenvalue weighted by Crippen LogP contribution is 2.07. The molecular formula is C10H21N3OS. The van der Waals surface area contributed by atoms with Crippen molar-refractivity contribution in [3.05, 3.63) is 0 Å². The molecule has 0 atom stereocenters. The van der Waals surface area contributed by atoms with Crippen molar-refractivity contribution < 1.29 is 4.79 Å². The van der Waals surface area contributed by atoms with Crippen molar-refractivity contribution in [2.75, 3.05) is 44.2 Å². The molecule has 88 valence electrons. The molecule has 5 heteroatoms. The lowest BCUT2D eigenvalue weighted by Gasteiger charge is -2.25. The molecule has 1 amide bonds. The summed E-state index contributed by atoms with van der Waals surface area (Å²) in [5.41, 5.74) is 5.33. The van der Waals surface area contributed by atoms with Gasteiger partial charge in [-0.2, -0.15) is 11.8 Å². The smallest absolute Gasteiger partial charge is 0.220 e. The molecular weight excluding hydrogens is 210 g/mol. The average molecular weight is 231 g/mol. The van der Waals surface area contributed by atoms with Gasteiger partial charge in [-0.3, -0.25) is 9.69 Å². The zero-order valence-corrected chi connectivity index (χ0v) is 10.0. The summed E-state index contributed by atoms with van der Waals surface area (Å²) >= 11 is 2.01. The number of nitrogens with one attached hydrogen (secondary N) is 1. The second-order valence-electron chi connectivity index (χ2n) is 3.70. The molecule has 1 fully saturated rings. The minimum absolute atomic E-state index is 0.131. The zero-order chi connectivity index (χ0) is 10.9. The molecule has 1 rings (SSSR count). The van der Waals surface area contributed by atoms with E-state index in [9.17, 15) is 4.79 Å². The molecule has 0 bridgehead atoms. The van der Waals surface area contributed by atoms with Crippen molar-refractivity contribution in [2.45, 2.75) is 12.8 Å². The van der Waals surface area contributed by atoms with Gasteiger partial charge < -0.3 is 11.1 Å². The van der Waals surface area contributed by atoms with Gasteiger partial charge in [0, 0.05) is 44.1 Å². The Kier molecular flexibility index (Phi) is 6.80. The number of thioether (sulfide) groups is 1. The average Bonchev–Trinajstić information content (AvgIpc) is 2.28. The number of nitrogens with zero attached hydrogens (tertiary/aromatic N) is 1. The number of nitrogens with two attached hydrogens (primary N) is 1. The lowest BCUT2D eigenvalue weighted by molar-refractivity contribution is -0.121. The van der Waals surface area contributed by atoms with Crippen molar-refractivity contribution in [3.8, 4) is 0 Å². The normalized spacial score (nSPS) is 17.7. The van der Waals surface area contributed by atoms with Gasteiger partial charge in [0.05, 0.1) is 0 Å². The lowest BCUT2D eigenvalue weighted by Crippen LogP contribution is -2.39. The minimum atomic E-state index is 0.131. The molecule has 0 radical (unpaired) electrons. The summed E-state index contributed by atoms with van der Waals surface area (Å²) in [5.74, 6) is 2.58. The zero-order valence-electron chi connectivity index (χ0n) is 9.21. The molecule has 1 aliphatic heterocycles. The third-order valence-corrected chi connectivity index (χ3v) is 3.40. The predicted molar refractivity (Wildman–Crippen MR) is 65.1 cm³/mol. The molecule has 3 N–H and O–H groups in total. The Hall–Kier alpha value is -0.260. The van der Waals surface area contributed by atoms with Crippen LogP contribution < -0.4 is 11.1 Å². The summed E-state index contributed by atoms with van der Waals surface area (Å²) in [4.78, 5) is 13.7. The quantitative estimate of drug-likeness (QED) is 0.670. The molecule has 0 unspecified atom stereocenters. The van der Waals surface area contributed by atoms with Crippen LogP contribution in [0, 0.1) is 0 Å². The SMILES string of the molecule is NCCCC(=O)NCCN1CCSCC1. The van der Waals surface area contributed by atoms with Crippen molar-refractivity contribution in [2.24, 2.45) is 5.73 Å². The molecule has 0 aromatic heterocycles. The van der Waals surface area contributed by atoms with Gasteiger partial charge in [0.1, 0.15) is 0 Å². The van der Waals surface area contributed by atoms with E-state index in [1.807, 2.05) is 11.8 Å². The Bertz CT molecular complexity index is 184. The molecule has 0 aromatic rings. The maximum atomic E-state index is 11.3. The fourth-order valence-corrected chi connectivity index (χ4v) is 2.51. The van der Waals surface area contributed by atoms with E-state index in [2.05, 4.69) is 10.2 Å². The van der Waals surface area contributed by atoms with Crippen molar-refractivity contribution in [1.82, 2.24) is 10.2 Å². The molecule has 4 nitrogen and oxygen atoms in total. The van der Waals surface area contributed by atoms with E-state index < -0.39 is 0 Å². The van der Waals surface area contributed by atoms with Gasteiger partial charge in [0.15, 0.2) is 0 Å². The van der Waals surface area contributed by atoms with E-state index in [0.29, 0.717) is 13.0 Å². The second-order valence-corrected chi connectivity index (χ2v) is 4.92. The summed E-state index contributed by atoms with van der Waals surface area (Å²) in [5, 5.41) is 2.92. The number of rotatable bonds is 6. The van der Waals surface area contributed by atoms with Crippen molar-refractivity contribution >= 4 is 17.7 Å². The first kappa shape index (κ1) is 12.8. The van der Waals surface area contributed by atoms with Gasteiger partial charge in [0.25, 0.3) is 0 Å². The van der Waals surface area contributed by atoms with E-state index in [-0.39, 0.29) is 5.91 Å². The van der Waals surface area contributed by atoms with Gasteiger partial charge in [-0.15, -0.1) is 0 Å². The maximum Gasteiger partial charge on any atom is 0.220 e. The van der Waals surface area contributed by atoms with Crippen LogP contribution in [0.5, 0.6) is 0 Å². The van der Waals surface area contributed by atoms with Crippen molar-refractivity contribution in [3.63, 3.8) is 0 Å². The van der Waals surface area contributed by atoms with Crippen molar-refractivity contribution in [1.29, 1.82) is 0 Å². The van der Waals surface area contributed by atoms with Gasteiger partial charge in [-0.05, 0) is 13.0 Å². The highest BCUT2D eigenvalue weighted by Gasteiger charge is 2.09. The molecule has 0 aliphatic carbocycles. The van der Waals surface area contributed by atoms with E-state index in [1.54, 1.807) is 0 Å². The van der Waals surface area contributed by atoms with Crippen LogP contribution in [0.3, 0.4) is 0 Å². The highest BCUT2D eigenvalue weighted by atomic mass is 32.2. The molecule has 0 saturated carbocycles. The van der Waals surface area contributed by atoms with Crippen LogP contribution in [0.25, 0.3) is 0 Å². The topological polar surface area (TPSA) is 58.4 Å². The fraction of sp³-hybridized carbons (Fsp3) is 0.900. The molecule has 15 heavy (non-hydrogen) atoms. The van der Waals surface area contributed by atoms with Crippen LogP contribution in [0.2, 0.25) is 0 Å². The first-order chi connectivity index (χ1) is 7.33. The number of hydrogen-bond donors (Lipinski definition) is 2. The lowest BCUT2D eigenvalue weighted by atomic mass is 10.3. The standard InChI is InChI=1S/C10H21N3OS/c11-3-1-2-10(14)12-4-5-13-6-8-15-9-7-13/h1-9,11H2,(H,12,14). The third kappa shape index (κ3) is 6.02. The van der Waals surface area contributed by atoms with Crippen LogP contribution in [-0.2, 0) is 4.79 Å². The molecule has 0 spiro atoms. The van der Waals surface area contributed by atoms with Gasteiger partial charge in [-0.25, -0.2) is 0 Å². The summed E-state index contributed by atoms with van der Waals surface area (Å²) in [6.45, 7) is 4.66. The second kappa shape index (κ2) is 7.96. The van der Waals surface area contributed by atoms with E-state index in [1.165, 1.54) is 11.5 Å². The highest BCUT2D eigenvalue weighted by molar-refractivity contribution is 7.99. The predicted octanol–water partition coefficient (Wildman–Crippen LogP) is -0.110. The first-order valence-electron chi connectivity index (χ1n) is 5.60. The van der Waals surface area contributed by atoms with Crippen LogP contribution in [0.4, 0.5) is 0 Å². The fourth-order valence-electron chi connectivity index (χ4n) is 1.53. The Balaban J connectivity index is 1.97. The van der Waals surface area contributed by atoms with Gasteiger partial charge in [-0.1, -0.05) is 0 Å². The number of hydrogen-bond acceptors (Lipinski definition) is 4. The molecule has 1 saturated heterocycles. The van der Waals surface area contributed by atoms with Crippen LogP contribution in [-0.4, -0.2) is 55.0 Å². The summed E-state index contributed by atoms with van der Waals surface area (Å²) in [6, 6.07) is 0. The van der Waals surface area contributed by atoms with E-state index in [0.717, 1.165) is 32.6 Å². The first-order valence-corrected chi connectivity index (χ1v) is 6.75. The van der Waals surface area contributed by atoms with Crippen LogP contribution in [0.15, 0.2) is 0 Å². The minimum Gasteiger partial charge on any atom is -0.355 e. The third-order valence-electron chi connectivity index (χ3n) is 2.46. The van der Waals surface area contributed by atoms with Gasteiger partial charge >= 0.3 is 0 Å². The Morgan fingerprint density at radius 1 is 1.40 bits per heavy atom. The molecule has 0 aromatic carbocycles.